The minimum Gasteiger partial charge on any atom is -0.469 e. The van der Waals surface area contributed by atoms with Gasteiger partial charge in [-0.15, -0.1) is 6.58 Å². The maximum Gasteiger partial charge on any atom is 0.373 e. The molecule has 0 aromatic carbocycles. The molecule has 0 radical (unpaired) electrons. The van der Waals surface area contributed by atoms with Gasteiger partial charge in [-0.1, -0.05) is 25.2 Å². The number of hydrogen-bond donors (Lipinski definition) is 0. The first kappa shape index (κ1) is 22.0. The third kappa shape index (κ3) is 31.3. The molecule has 0 amide bonds. The Balaban J connectivity index is -0.000000228. The van der Waals surface area contributed by atoms with Crippen molar-refractivity contribution in [3.8, 4) is 0 Å². The fourth-order valence-corrected chi connectivity index (χ4v) is 0.631. The van der Waals surface area contributed by atoms with E-state index in [1.54, 1.807) is 0 Å². The van der Waals surface area contributed by atoms with Crippen LogP contribution in [0.3, 0.4) is 0 Å². The lowest BCUT2D eigenvalue weighted by molar-refractivity contribution is -0.191. The van der Waals surface area contributed by atoms with Crippen molar-refractivity contribution in [2.24, 2.45) is 0 Å². The molecule has 6 nitrogen and oxygen atoms in total. The summed E-state index contributed by atoms with van der Waals surface area (Å²) < 4.78 is 8.69. The summed E-state index contributed by atoms with van der Waals surface area (Å²) in [6, 6.07) is 0. The van der Waals surface area contributed by atoms with Crippen LogP contribution in [-0.4, -0.2) is 32.3 Å². The van der Waals surface area contributed by atoms with E-state index in [2.05, 4.69) is 16.1 Å². The van der Waals surface area contributed by atoms with Gasteiger partial charge in [0.15, 0.2) is 0 Å². The number of ether oxygens (including phenoxy) is 2. The number of rotatable bonds is 5. The highest BCUT2D eigenvalue weighted by Crippen LogP contribution is 1.87. The first-order valence-corrected chi connectivity index (χ1v) is 5.42. The molecule has 6 heteroatoms. The number of carbonyl (C=O) groups excluding carboxylic acids is 4. The monoisotopic (exact) mass is 272 g/mol. The Morgan fingerprint density at radius 2 is 1.47 bits per heavy atom. The van der Waals surface area contributed by atoms with Gasteiger partial charge < -0.3 is 9.47 Å². The quantitative estimate of drug-likeness (QED) is 0.559. The van der Waals surface area contributed by atoms with Crippen molar-refractivity contribution in [3.63, 3.8) is 0 Å². The zero-order chi connectivity index (χ0) is 15.5. The van der Waals surface area contributed by atoms with Crippen LogP contribution < -0.4 is 0 Å². The molecule has 0 aromatic heterocycles. The second-order valence-corrected chi connectivity index (χ2v) is 2.81. The molecule has 0 spiro atoms. The third-order valence-corrected chi connectivity index (χ3v) is 1.45. The number of methoxy groups -OCH3 is 2. The Hall–Kier alpha value is -2.20. The lowest BCUT2D eigenvalue weighted by Gasteiger charge is -1.90. The number of esters is 2. The molecule has 0 aliphatic rings. The van der Waals surface area contributed by atoms with Crippen molar-refractivity contribution in [1.82, 2.24) is 0 Å². The first-order valence-electron chi connectivity index (χ1n) is 5.42. The van der Waals surface area contributed by atoms with Crippen LogP contribution in [0.2, 0.25) is 0 Å². The van der Waals surface area contributed by atoms with E-state index in [1.165, 1.54) is 20.3 Å². The van der Waals surface area contributed by atoms with Crippen LogP contribution in [0.15, 0.2) is 24.8 Å². The molecular weight excluding hydrogens is 252 g/mol. The van der Waals surface area contributed by atoms with Crippen LogP contribution >= 0.6 is 0 Å². The molecule has 0 rings (SSSR count). The van der Waals surface area contributed by atoms with Gasteiger partial charge in [-0.2, -0.15) is 9.59 Å². The molecule has 108 valence electrons. The summed E-state index contributed by atoms with van der Waals surface area (Å²) in [5.74, 6) is -0.422. The van der Waals surface area contributed by atoms with Crippen molar-refractivity contribution in [1.29, 1.82) is 0 Å². The SMILES string of the molecule is C=CCC(=O)OC.CCC=CCC(=O)OC.O=C=O. The van der Waals surface area contributed by atoms with Crippen LogP contribution in [0.25, 0.3) is 0 Å². The zero-order valence-corrected chi connectivity index (χ0v) is 11.5. The molecular formula is C13H20O6. The van der Waals surface area contributed by atoms with Crippen LogP contribution in [-0.2, 0) is 28.7 Å². The van der Waals surface area contributed by atoms with Crippen molar-refractivity contribution >= 4 is 18.1 Å². The van der Waals surface area contributed by atoms with E-state index in [4.69, 9.17) is 9.59 Å². The number of hydrogen-bond acceptors (Lipinski definition) is 6. The predicted molar refractivity (Wildman–Crippen MR) is 67.9 cm³/mol. The highest BCUT2D eigenvalue weighted by atomic mass is 16.5. The van der Waals surface area contributed by atoms with E-state index in [0.717, 1.165) is 6.42 Å². The fraction of sp³-hybridized carbons (Fsp3) is 0.462. The smallest absolute Gasteiger partial charge is 0.373 e. The average molecular weight is 272 g/mol. The first-order chi connectivity index (χ1) is 9.03. The molecule has 0 heterocycles. The van der Waals surface area contributed by atoms with E-state index < -0.39 is 0 Å². The zero-order valence-electron chi connectivity index (χ0n) is 11.5. The molecule has 0 aliphatic carbocycles. The van der Waals surface area contributed by atoms with Crippen LogP contribution in [0, 0.1) is 0 Å². The maximum atomic E-state index is 10.4. The second-order valence-electron chi connectivity index (χ2n) is 2.81. The fourth-order valence-electron chi connectivity index (χ4n) is 0.631. The summed E-state index contributed by atoms with van der Waals surface area (Å²) in [5.41, 5.74) is 0. The van der Waals surface area contributed by atoms with E-state index in [0.29, 0.717) is 12.8 Å². The van der Waals surface area contributed by atoms with E-state index in [-0.39, 0.29) is 18.1 Å². The Bertz CT molecular complexity index is 300. The topological polar surface area (TPSA) is 86.7 Å². The largest absolute Gasteiger partial charge is 0.469 e. The predicted octanol–water partition coefficient (Wildman–Crippen LogP) is 1.67. The molecule has 0 saturated heterocycles. The van der Waals surface area contributed by atoms with Gasteiger partial charge in [-0.05, 0) is 6.42 Å². The molecule has 0 saturated carbocycles. The van der Waals surface area contributed by atoms with Crippen molar-refractivity contribution in [2.45, 2.75) is 26.2 Å². The summed E-state index contributed by atoms with van der Waals surface area (Å²) >= 11 is 0. The highest BCUT2D eigenvalue weighted by molar-refractivity contribution is 5.71. The third-order valence-electron chi connectivity index (χ3n) is 1.45. The Labute approximate surface area is 113 Å². The average Bonchev–Trinajstić information content (AvgIpc) is 2.40. The van der Waals surface area contributed by atoms with Gasteiger partial charge in [0.2, 0.25) is 0 Å². The van der Waals surface area contributed by atoms with Gasteiger partial charge in [0, 0.05) is 0 Å². The summed E-state index contributed by atoms with van der Waals surface area (Å²) in [4.78, 5) is 36.8. The second kappa shape index (κ2) is 21.1. The van der Waals surface area contributed by atoms with Crippen LogP contribution in [0.4, 0.5) is 0 Å². The minimum atomic E-state index is -0.241. The lowest BCUT2D eigenvalue weighted by Crippen LogP contribution is -1.96. The van der Waals surface area contributed by atoms with Gasteiger partial charge in [0.25, 0.3) is 0 Å². The molecule has 0 aromatic rings. The van der Waals surface area contributed by atoms with E-state index in [9.17, 15) is 9.59 Å². The van der Waals surface area contributed by atoms with Crippen LogP contribution in [0.5, 0.6) is 0 Å². The molecule has 0 atom stereocenters. The summed E-state index contributed by atoms with van der Waals surface area (Å²) in [6.07, 6.45) is 7.17. The van der Waals surface area contributed by atoms with Crippen LogP contribution in [0.1, 0.15) is 26.2 Å². The van der Waals surface area contributed by atoms with Gasteiger partial charge >= 0.3 is 18.1 Å². The van der Waals surface area contributed by atoms with E-state index >= 15 is 0 Å². The molecule has 0 unspecified atom stereocenters. The molecule has 0 aliphatic heterocycles. The summed E-state index contributed by atoms with van der Waals surface area (Å²) in [5, 5.41) is 0. The lowest BCUT2D eigenvalue weighted by atomic mass is 10.3. The normalized spacial score (nSPS) is 7.95. The van der Waals surface area contributed by atoms with Crippen molar-refractivity contribution in [2.75, 3.05) is 14.2 Å². The number of carbonyl (C=O) groups is 2. The Morgan fingerprint density at radius 1 is 1.05 bits per heavy atom. The van der Waals surface area contributed by atoms with Gasteiger partial charge in [-0.25, -0.2) is 0 Å². The molecule has 0 bridgehead atoms. The van der Waals surface area contributed by atoms with Crippen molar-refractivity contribution < 1.29 is 28.7 Å². The summed E-state index contributed by atoms with van der Waals surface area (Å²) in [7, 11) is 2.74. The molecule has 0 fully saturated rings. The maximum absolute atomic E-state index is 10.4. The minimum absolute atomic E-state index is 0.181. The number of allylic oxidation sites excluding steroid dienone is 1. The van der Waals surface area contributed by atoms with Gasteiger partial charge in [0.05, 0.1) is 27.1 Å². The molecule has 19 heavy (non-hydrogen) atoms. The van der Waals surface area contributed by atoms with Gasteiger partial charge in [0.1, 0.15) is 0 Å². The van der Waals surface area contributed by atoms with Gasteiger partial charge in [-0.3, -0.25) is 9.59 Å². The molecule has 0 N–H and O–H groups in total. The summed E-state index contributed by atoms with van der Waals surface area (Å²) in [6.45, 7) is 5.37. The Kier molecular flexibility index (Phi) is 24.5. The standard InChI is InChI=1S/C7H12O2.C5H8O2.CO2/c1-3-4-5-6-7(8)9-2;1-3-4-5(6)7-2;2-1-3/h4-5H,3,6H2,1-2H3;3H,1,4H2,2H3;. The van der Waals surface area contributed by atoms with Crippen molar-refractivity contribution in [3.05, 3.63) is 24.8 Å². The van der Waals surface area contributed by atoms with E-state index in [1.807, 2.05) is 19.1 Å². The Morgan fingerprint density at radius 3 is 1.74 bits per heavy atom. The highest BCUT2D eigenvalue weighted by Gasteiger charge is 1.91.